The zero-order valence-corrected chi connectivity index (χ0v) is 13.0. The number of ether oxygens (including phenoxy) is 1. The van der Waals surface area contributed by atoms with Gasteiger partial charge in [0.05, 0.1) is 13.2 Å². The third-order valence-electron chi connectivity index (χ3n) is 2.71. The molecule has 0 radical (unpaired) electrons. The van der Waals surface area contributed by atoms with Gasteiger partial charge in [0.1, 0.15) is 5.69 Å². The number of nitrogens with zero attached hydrogens (tertiary/aromatic N) is 2. The fourth-order valence-electron chi connectivity index (χ4n) is 1.64. The maximum absolute atomic E-state index is 12.1. The second kappa shape index (κ2) is 7.14. The summed E-state index contributed by atoms with van der Waals surface area (Å²) in [6.07, 6.45) is 0. The summed E-state index contributed by atoms with van der Waals surface area (Å²) < 4.78 is 7.03. The van der Waals surface area contributed by atoms with E-state index in [-0.39, 0.29) is 17.2 Å². The molecule has 1 amide bonds. The number of methoxy groups -OCH3 is 1. The number of nitrogens with one attached hydrogen (secondary N) is 1. The summed E-state index contributed by atoms with van der Waals surface area (Å²) >= 11 is 3.32. The predicted molar refractivity (Wildman–Crippen MR) is 82.5 cm³/mol. The molecule has 0 aliphatic carbocycles. The fourth-order valence-corrected chi connectivity index (χ4v) is 1.90. The van der Waals surface area contributed by atoms with Gasteiger partial charge in [-0.25, -0.2) is 4.68 Å². The van der Waals surface area contributed by atoms with Crippen LogP contribution in [0.4, 0.5) is 5.69 Å². The van der Waals surface area contributed by atoms with Gasteiger partial charge in [0.2, 0.25) is 0 Å². The minimum atomic E-state index is -0.372. The SMILES string of the molecule is COCCn1nc(C(=O)Nc2ccc(Br)cc2)ccc1=O. The van der Waals surface area contributed by atoms with E-state index >= 15 is 0 Å². The van der Waals surface area contributed by atoms with Crippen LogP contribution >= 0.6 is 15.9 Å². The lowest BCUT2D eigenvalue weighted by atomic mass is 10.3. The number of anilines is 1. The molecule has 0 bridgehead atoms. The summed E-state index contributed by atoms with van der Waals surface area (Å²) in [6.45, 7) is 0.652. The minimum Gasteiger partial charge on any atom is -0.383 e. The Bertz CT molecular complexity index is 683. The summed E-state index contributed by atoms with van der Waals surface area (Å²) in [4.78, 5) is 23.7. The van der Waals surface area contributed by atoms with Gasteiger partial charge < -0.3 is 10.1 Å². The van der Waals surface area contributed by atoms with Crippen molar-refractivity contribution in [3.63, 3.8) is 0 Å². The molecule has 0 unspecified atom stereocenters. The van der Waals surface area contributed by atoms with Gasteiger partial charge in [0.15, 0.2) is 0 Å². The first-order valence-electron chi connectivity index (χ1n) is 6.24. The Hall–Kier alpha value is -1.99. The quantitative estimate of drug-likeness (QED) is 0.892. The predicted octanol–water partition coefficient (Wildman–Crippen LogP) is 1.90. The highest BCUT2D eigenvalue weighted by Gasteiger charge is 2.10. The number of hydrogen-bond donors (Lipinski definition) is 1. The Morgan fingerprint density at radius 2 is 2.00 bits per heavy atom. The third-order valence-corrected chi connectivity index (χ3v) is 3.24. The molecule has 110 valence electrons. The molecule has 0 fully saturated rings. The molecule has 21 heavy (non-hydrogen) atoms. The molecule has 2 rings (SSSR count). The van der Waals surface area contributed by atoms with Gasteiger partial charge in [-0.05, 0) is 30.3 Å². The average molecular weight is 352 g/mol. The van der Waals surface area contributed by atoms with Gasteiger partial charge in [0, 0.05) is 23.3 Å². The van der Waals surface area contributed by atoms with Crippen molar-refractivity contribution in [1.82, 2.24) is 9.78 Å². The molecule has 1 N–H and O–H groups in total. The van der Waals surface area contributed by atoms with Crippen LogP contribution in [0, 0.1) is 0 Å². The van der Waals surface area contributed by atoms with E-state index in [0.29, 0.717) is 18.8 Å². The van der Waals surface area contributed by atoms with Gasteiger partial charge in [0.25, 0.3) is 11.5 Å². The smallest absolute Gasteiger partial charge is 0.276 e. The van der Waals surface area contributed by atoms with Crippen LogP contribution in [0.2, 0.25) is 0 Å². The summed E-state index contributed by atoms with van der Waals surface area (Å²) in [5, 5.41) is 6.75. The largest absolute Gasteiger partial charge is 0.383 e. The standard InChI is InChI=1S/C14H14BrN3O3/c1-21-9-8-18-13(19)7-6-12(17-18)14(20)16-11-4-2-10(15)3-5-11/h2-7H,8-9H2,1H3,(H,16,20). The van der Waals surface area contributed by atoms with E-state index in [1.54, 1.807) is 12.1 Å². The highest BCUT2D eigenvalue weighted by atomic mass is 79.9. The third kappa shape index (κ3) is 4.24. The molecule has 0 aliphatic rings. The van der Waals surface area contributed by atoms with Crippen LogP contribution < -0.4 is 10.9 Å². The zero-order chi connectivity index (χ0) is 15.2. The normalized spacial score (nSPS) is 10.4. The Morgan fingerprint density at radius 3 is 2.67 bits per heavy atom. The van der Waals surface area contributed by atoms with Crippen molar-refractivity contribution in [1.29, 1.82) is 0 Å². The maximum atomic E-state index is 12.1. The summed E-state index contributed by atoms with van der Waals surface area (Å²) in [5.41, 5.74) is 0.556. The van der Waals surface area contributed by atoms with E-state index in [9.17, 15) is 9.59 Å². The van der Waals surface area contributed by atoms with Crippen molar-refractivity contribution in [2.45, 2.75) is 6.54 Å². The lowest BCUT2D eigenvalue weighted by Gasteiger charge is -2.07. The Balaban J connectivity index is 2.15. The van der Waals surface area contributed by atoms with Crippen molar-refractivity contribution >= 4 is 27.5 Å². The fraction of sp³-hybridized carbons (Fsp3) is 0.214. The molecule has 0 saturated carbocycles. The van der Waals surface area contributed by atoms with Gasteiger partial charge in [-0.1, -0.05) is 15.9 Å². The van der Waals surface area contributed by atoms with Gasteiger partial charge in [-0.15, -0.1) is 0 Å². The molecular formula is C14H14BrN3O3. The minimum absolute atomic E-state index is 0.175. The highest BCUT2D eigenvalue weighted by Crippen LogP contribution is 2.14. The summed E-state index contributed by atoms with van der Waals surface area (Å²) in [6, 6.07) is 9.90. The van der Waals surface area contributed by atoms with Crippen molar-refractivity contribution in [2.24, 2.45) is 0 Å². The highest BCUT2D eigenvalue weighted by molar-refractivity contribution is 9.10. The molecule has 0 saturated heterocycles. The number of hydrogen-bond acceptors (Lipinski definition) is 4. The van der Waals surface area contributed by atoms with E-state index in [4.69, 9.17) is 4.74 Å². The molecular weight excluding hydrogens is 338 g/mol. The Kier molecular flexibility index (Phi) is 5.24. The van der Waals surface area contributed by atoms with Crippen molar-refractivity contribution in [3.8, 4) is 0 Å². The molecule has 0 spiro atoms. The molecule has 1 aromatic heterocycles. The lowest BCUT2D eigenvalue weighted by Crippen LogP contribution is -2.27. The maximum Gasteiger partial charge on any atom is 0.276 e. The van der Waals surface area contributed by atoms with Crippen LogP contribution in [0.25, 0.3) is 0 Å². The lowest BCUT2D eigenvalue weighted by molar-refractivity contribution is 0.101. The monoisotopic (exact) mass is 351 g/mol. The van der Waals surface area contributed by atoms with Crippen LogP contribution in [0.3, 0.4) is 0 Å². The van der Waals surface area contributed by atoms with Crippen LogP contribution in [0.15, 0.2) is 45.7 Å². The van der Waals surface area contributed by atoms with E-state index in [2.05, 4.69) is 26.3 Å². The van der Waals surface area contributed by atoms with E-state index in [1.807, 2.05) is 12.1 Å². The number of rotatable bonds is 5. The number of carbonyl (C=O) groups is 1. The molecule has 1 heterocycles. The topological polar surface area (TPSA) is 73.2 Å². The number of halogens is 1. The number of aromatic nitrogens is 2. The number of benzene rings is 1. The second-order valence-corrected chi connectivity index (χ2v) is 5.15. The van der Waals surface area contributed by atoms with Crippen LogP contribution in [0.1, 0.15) is 10.5 Å². The molecule has 2 aromatic rings. The molecule has 0 aliphatic heterocycles. The van der Waals surface area contributed by atoms with E-state index < -0.39 is 0 Å². The number of amides is 1. The first kappa shape index (κ1) is 15.4. The molecule has 6 nitrogen and oxygen atoms in total. The first-order valence-corrected chi connectivity index (χ1v) is 7.03. The van der Waals surface area contributed by atoms with Crippen LogP contribution in [-0.4, -0.2) is 29.4 Å². The summed E-state index contributed by atoms with van der Waals surface area (Å²) in [5.74, 6) is -0.372. The van der Waals surface area contributed by atoms with Crippen molar-refractivity contribution in [3.05, 3.63) is 56.9 Å². The van der Waals surface area contributed by atoms with Crippen molar-refractivity contribution < 1.29 is 9.53 Å². The van der Waals surface area contributed by atoms with Gasteiger partial charge in [-0.2, -0.15) is 5.10 Å². The molecule has 1 aromatic carbocycles. The van der Waals surface area contributed by atoms with E-state index in [1.165, 1.54) is 23.9 Å². The van der Waals surface area contributed by atoms with Crippen LogP contribution in [0.5, 0.6) is 0 Å². The van der Waals surface area contributed by atoms with Gasteiger partial charge in [-0.3, -0.25) is 9.59 Å². The first-order chi connectivity index (χ1) is 10.1. The second-order valence-electron chi connectivity index (χ2n) is 4.23. The average Bonchev–Trinajstić information content (AvgIpc) is 2.48. The van der Waals surface area contributed by atoms with E-state index in [0.717, 1.165) is 4.47 Å². The Morgan fingerprint density at radius 1 is 1.29 bits per heavy atom. The Labute approximate surface area is 129 Å². The molecule has 7 heteroatoms. The molecule has 0 atom stereocenters. The zero-order valence-electron chi connectivity index (χ0n) is 11.4. The van der Waals surface area contributed by atoms with Crippen LogP contribution in [-0.2, 0) is 11.3 Å². The van der Waals surface area contributed by atoms with Crippen molar-refractivity contribution in [2.75, 3.05) is 19.0 Å². The summed E-state index contributed by atoms with van der Waals surface area (Å²) in [7, 11) is 1.54. The number of carbonyl (C=O) groups excluding carboxylic acids is 1. The van der Waals surface area contributed by atoms with Gasteiger partial charge >= 0.3 is 0 Å².